The molecule has 2 atom stereocenters. The fourth-order valence-corrected chi connectivity index (χ4v) is 2.16. The molecular formula is C13H15NO3. The Balaban J connectivity index is 1.94. The van der Waals surface area contributed by atoms with Crippen LogP contribution in [0.15, 0.2) is 30.3 Å². The van der Waals surface area contributed by atoms with Crippen molar-refractivity contribution in [2.45, 2.75) is 25.3 Å². The third-order valence-corrected chi connectivity index (χ3v) is 3.09. The first-order valence-corrected chi connectivity index (χ1v) is 5.74. The maximum absolute atomic E-state index is 11.5. The molecule has 1 fully saturated rings. The zero-order valence-electron chi connectivity index (χ0n) is 9.43. The summed E-state index contributed by atoms with van der Waals surface area (Å²) in [5.74, 6) is -2.26. The van der Waals surface area contributed by atoms with E-state index >= 15 is 0 Å². The van der Waals surface area contributed by atoms with E-state index in [-0.39, 0.29) is 11.9 Å². The molecule has 2 N–H and O–H groups in total. The van der Waals surface area contributed by atoms with Gasteiger partial charge in [-0.2, -0.15) is 0 Å². The molecule has 1 aromatic rings. The standard InChI is InChI=1S/C13H15NO3/c15-12-11(13(16)17)7-6-10(14-12)8-9-4-2-1-3-5-9/h1-5,10-11H,6-8H2,(H,14,15)(H,16,17). The summed E-state index contributed by atoms with van der Waals surface area (Å²) in [5.41, 5.74) is 1.16. The lowest BCUT2D eigenvalue weighted by Crippen LogP contribution is -2.47. The first-order chi connectivity index (χ1) is 8.16. The fraction of sp³-hybridized carbons (Fsp3) is 0.385. The van der Waals surface area contributed by atoms with E-state index in [1.54, 1.807) is 0 Å². The normalized spacial score (nSPS) is 24.1. The van der Waals surface area contributed by atoms with Crippen LogP contribution in [0.5, 0.6) is 0 Å². The molecule has 1 saturated heterocycles. The average Bonchev–Trinajstić information content (AvgIpc) is 2.30. The van der Waals surface area contributed by atoms with Gasteiger partial charge in [0.2, 0.25) is 5.91 Å². The molecule has 2 rings (SSSR count). The number of carboxylic acids is 1. The minimum absolute atomic E-state index is 0.0560. The Morgan fingerprint density at radius 2 is 2.00 bits per heavy atom. The Bertz CT molecular complexity index is 416. The van der Waals surface area contributed by atoms with Crippen LogP contribution in [-0.4, -0.2) is 23.0 Å². The SMILES string of the molecule is O=C(O)C1CCC(Cc2ccccc2)NC1=O. The van der Waals surface area contributed by atoms with E-state index in [0.29, 0.717) is 6.42 Å². The lowest BCUT2D eigenvalue weighted by atomic mass is 9.91. The van der Waals surface area contributed by atoms with Gasteiger partial charge in [-0.15, -0.1) is 0 Å². The van der Waals surface area contributed by atoms with E-state index in [9.17, 15) is 9.59 Å². The topological polar surface area (TPSA) is 66.4 Å². The third-order valence-electron chi connectivity index (χ3n) is 3.09. The molecule has 1 heterocycles. The summed E-state index contributed by atoms with van der Waals surface area (Å²) in [6, 6.07) is 9.94. The monoisotopic (exact) mass is 233 g/mol. The lowest BCUT2D eigenvalue weighted by Gasteiger charge is -2.27. The fourth-order valence-electron chi connectivity index (χ4n) is 2.16. The second-order valence-corrected chi connectivity index (χ2v) is 4.36. The molecule has 1 aromatic carbocycles. The number of amides is 1. The average molecular weight is 233 g/mol. The molecule has 0 bridgehead atoms. The molecule has 0 radical (unpaired) electrons. The van der Waals surface area contributed by atoms with Crippen molar-refractivity contribution in [2.75, 3.05) is 0 Å². The van der Waals surface area contributed by atoms with Gasteiger partial charge in [0, 0.05) is 6.04 Å². The second kappa shape index (κ2) is 4.99. The third kappa shape index (κ3) is 2.84. The maximum Gasteiger partial charge on any atom is 0.316 e. The minimum Gasteiger partial charge on any atom is -0.481 e. The van der Waals surface area contributed by atoms with Crippen molar-refractivity contribution in [1.82, 2.24) is 5.32 Å². The summed E-state index contributed by atoms with van der Waals surface area (Å²) in [7, 11) is 0. The number of piperidine rings is 1. The summed E-state index contributed by atoms with van der Waals surface area (Å²) in [4.78, 5) is 22.3. The summed E-state index contributed by atoms with van der Waals surface area (Å²) in [6.07, 6.45) is 1.91. The maximum atomic E-state index is 11.5. The molecule has 0 saturated carbocycles. The Morgan fingerprint density at radius 3 is 2.59 bits per heavy atom. The molecule has 90 valence electrons. The molecule has 1 aliphatic heterocycles. The van der Waals surface area contributed by atoms with Crippen molar-refractivity contribution >= 4 is 11.9 Å². The molecule has 17 heavy (non-hydrogen) atoms. The molecule has 1 aliphatic rings. The quantitative estimate of drug-likeness (QED) is 0.771. The number of benzene rings is 1. The number of carbonyl (C=O) groups is 2. The van der Waals surface area contributed by atoms with Crippen molar-refractivity contribution in [2.24, 2.45) is 5.92 Å². The number of nitrogens with one attached hydrogen (secondary N) is 1. The van der Waals surface area contributed by atoms with Gasteiger partial charge in [-0.05, 0) is 24.8 Å². The van der Waals surface area contributed by atoms with Gasteiger partial charge in [0.1, 0.15) is 5.92 Å². The van der Waals surface area contributed by atoms with Gasteiger partial charge in [0.05, 0.1) is 0 Å². The highest BCUT2D eigenvalue weighted by atomic mass is 16.4. The van der Waals surface area contributed by atoms with Gasteiger partial charge in [0.15, 0.2) is 0 Å². The van der Waals surface area contributed by atoms with Gasteiger partial charge in [-0.3, -0.25) is 9.59 Å². The highest BCUT2D eigenvalue weighted by Gasteiger charge is 2.32. The van der Waals surface area contributed by atoms with Crippen molar-refractivity contribution in [3.8, 4) is 0 Å². The summed E-state index contributed by atoms with van der Waals surface area (Å²) in [6.45, 7) is 0. The second-order valence-electron chi connectivity index (χ2n) is 4.36. The zero-order valence-corrected chi connectivity index (χ0v) is 9.43. The lowest BCUT2D eigenvalue weighted by molar-refractivity contribution is -0.148. The molecule has 0 aromatic heterocycles. The van der Waals surface area contributed by atoms with Gasteiger partial charge in [0.25, 0.3) is 0 Å². The molecule has 0 spiro atoms. The van der Waals surface area contributed by atoms with E-state index in [4.69, 9.17) is 5.11 Å². The Kier molecular flexibility index (Phi) is 3.42. The minimum atomic E-state index is -1.03. The van der Waals surface area contributed by atoms with E-state index in [0.717, 1.165) is 18.4 Å². The number of hydrogen-bond acceptors (Lipinski definition) is 2. The molecule has 4 nitrogen and oxygen atoms in total. The van der Waals surface area contributed by atoms with E-state index in [1.165, 1.54) is 0 Å². The molecule has 1 amide bonds. The number of hydrogen-bond donors (Lipinski definition) is 2. The summed E-state index contributed by atoms with van der Waals surface area (Å²) in [5, 5.41) is 11.6. The van der Waals surface area contributed by atoms with E-state index in [2.05, 4.69) is 5.32 Å². The molecule has 2 unspecified atom stereocenters. The van der Waals surface area contributed by atoms with Crippen LogP contribution in [0.2, 0.25) is 0 Å². The van der Waals surface area contributed by atoms with Crippen molar-refractivity contribution in [1.29, 1.82) is 0 Å². The van der Waals surface area contributed by atoms with Crippen LogP contribution < -0.4 is 5.32 Å². The smallest absolute Gasteiger partial charge is 0.316 e. The highest BCUT2D eigenvalue weighted by molar-refractivity contribution is 5.97. The number of carbonyl (C=O) groups excluding carboxylic acids is 1. The number of rotatable bonds is 3. The van der Waals surface area contributed by atoms with Crippen LogP contribution in [-0.2, 0) is 16.0 Å². The van der Waals surface area contributed by atoms with Crippen LogP contribution in [0.3, 0.4) is 0 Å². The van der Waals surface area contributed by atoms with Gasteiger partial charge in [-0.1, -0.05) is 30.3 Å². The van der Waals surface area contributed by atoms with E-state index in [1.807, 2.05) is 30.3 Å². The van der Waals surface area contributed by atoms with Crippen molar-refractivity contribution < 1.29 is 14.7 Å². The first kappa shape index (κ1) is 11.6. The van der Waals surface area contributed by atoms with Crippen molar-refractivity contribution in [3.05, 3.63) is 35.9 Å². The van der Waals surface area contributed by atoms with Crippen LogP contribution in [0.25, 0.3) is 0 Å². The van der Waals surface area contributed by atoms with Crippen LogP contribution in [0.4, 0.5) is 0 Å². The predicted octanol–water partition coefficient (Wildman–Crippen LogP) is 1.21. The Labute approximate surface area is 99.6 Å². The van der Waals surface area contributed by atoms with Gasteiger partial charge in [-0.25, -0.2) is 0 Å². The summed E-state index contributed by atoms with van der Waals surface area (Å²) < 4.78 is 0. The van der Waals surface area contributed by atoms with Crippen molar-refractivity contribution in [3.63, 3.8) is 0 Å². The predicted molar refractivity (Wildman–Crippen MR) is 62.4 cm³/mol. The van der Waals surface area contributed by atoms with Gasteiger partial charge < -0.3 is 10.4 Å². The largest absolute Gasteiger partial charge is 0.481 e. The highest BCUT2D eigenvalue weighted by Crippen LogP contribution is 2.18. The number of carboxylic acid groups (broad SMARTS) is 1. The Morgan fingerprint density at radius 1 is 1.29 bits per heavy atom. The van der Waals surface area contributed by atoms with Gasteiger partial charge >= 0.3 is 5.97 Å². The number of aliphatic carboxylic acids is 1. The van der Waals surface area contributed by atoms with Crippen LogP contribution >= 0.6 is 0 Å². The van der Waals surface area contributed by atoms with Crippen LogP contribution in [0.1, 0.15) is 18.4 Å². The molecular weight excluding hydrogens is 218 g/mol. The first-order valence-electron chi connectivity index (χ1n) is 5.74. The molecule has 4 heteroatoms. The van der Waals surface area contributed by atoms with Crippen LogP contribution in [0, 0.1) is 5.92 Å². The molecule has 0 aliphatic carbocycles. The Hall–Kier alpha value is -1.84. The summed E-state index contributed by atoms with van der Waals surface area (Å²) >= 11 is 0. The van der Waals surface area contributed by atoms with E-state index < -0.39 is 11.9 Å². The zero-order chi connectivity index (χ0) is 12.3.